The van der Waals surface area contributed by atoms with Gasteiger partial charge in [0.2, 0.25) is 0 Å². The standard InChI is InChI=1S/C22H33N3O6/c1-6-8-12-22(15-26,24(7-2)31-20(27)30-21(3,4)5)13-16-14-23-17-10-9-11-18(19(16)17)25(28)29/h9-11,14,23,26H,6-8,12-13,15H2,1-5H3/t22-/m0/s1. The summed E-state index contributed by atoms with van der Waals surface area (Å²) in [7, 11) is 0. The van der Waals surface area contributed by atoms with E-state index in [4.69, 9.17) is 9.57 Å². The Kier molecular flexibility index (Phi) is 8.02. The molecule has 0 spiro atoms. The first-order chi connectivity index (χ1) is 14.6. The summed E-state index contributed by atoms with van der Waals surface area (Å²) in [5, 5.41) is 24.0. The molecule has 172 valence electrons. The molecule has 0 aliphatic carbocycles. The average molecular weight is 436 g/mol. The Morgan fingerprint density at radius 1 is 1.29 bits per heavy atom. The molecular formula is C22H33N3O6. The van der Waals surface area contributed by atoms with E-state index in [1.165, 1.54) is 11.1 Å². The molecule has 9 heteroatoms. The number of benzene rings is 1. The number of nitrogens with one attached hydrogen (secondary N) is 1. The van der Waals surface area contributed by atoms with E-state index in [-0.39, 0.29) is 18.7 Å². The van der Waals surface area contributed by atoms with E-state index in [0.717, 1.165) is 12.8 Å². The highest BCUT2D eigenvalue weighted by Crippen LogP contribution is 2.34. The third-order valence-corrected chi connectivity index (χ3v) is 5.16. The second kappa shape index (κ2) is 10.1. The fraction of sp³-hybridized carbons (Fsp3) is 0.591. The molecule has 9 nitrogen and oxygen atoms in total. The number of carbonyl (C=O) groups excluding carboxylic acids is 1. The SMILES string of the molecule is CCCC[C@@](CO)(Cc1c[nH]c2cccc([N+](=O)[O-])c12)N(CC)OC(=O)OC(C)(C)C. The van der Waals surface area contributed by atoms with Gasteiger partial charge in [-0.2, -0.15) is 0 Å². The van der Waals surface area contributed by atoms with E-state index in [9.17, 15) is 20.0 Å². The molecule has 0 radical (unpaired) electrons. The lowest BCUT2D eigenvalue weighted by molar-refractivity contribution is -0.383. The van der Waals surface area contributed by atoms with Gasteiger partial charge >= 0.3 is 6.16 Å². The van der Waals surface area contributed by atoms with Gasteiger partial charge < -0.3 is 19.7 Å². The van der Waals surface area contributed by atoms with Crippen molar-refractivity contribution in [1.82, 2.24) is 10.0 Å². The molecule has 1 atom stereocenters. The Labute approximate surface area is 182 Å². The monoisotopic (exact) mass is 435 g/mol. The zero-order valence-electron chi connectivity index (χ0n) is 18.9. The third-order valence-electron chi connectivity index (χ3n) is 5.16. The number of rotatable bonds is 10. The molecule has 0 bridgehead atoms. The van der Waals surface area contributed by atoms with Crippen LogP contribution in [0.3, 0.4) is 0 Å². The van der Waals surface area contributed by atoms with Crippen molar-refractivity contribution in [2.75, 3.05) is 13.2 Å². The van der Waals surface area contributed by atoms with Crippen molar-refractivity contribution in [2.45, 2.75) is 71.4 Å². The van der Waals surface area contributed by atoms with Crippen LogP contribution in [0, 0.1) is 10.1 Å². The largest absolute Gasteiger partial charge is 0.528 e. The summed E-state index contributed by atoms with van der Waals surface area (Å²) in [6, 6.07) is 4.86. The van der Waals surface area contributed by atoms with Crippen LogP contribution < -0.4 is 0 Å². The lowest BCUT2D eigenvalue weighted by Gasteiger charge is -2.40. The van der Waals surface area contributed by atoms with Crippen LogP contribution in [0.15, 0.2) is 24.4 Å². The van der Waals surface area contributed by atoms with Crippen LogP contribution in [0.25, 0.3) is 10.9 Å². The number of likely N-dealkylation sites (N-methyl/N-ethyl adjacent to an activating group) is 1. The molecule has 0 saturated heterocycles. The fourth-order valence-electron chi connectivity index (χ4n) is 3.76. The molecule has 0 unspecified atom stereocenters. The molecule has 0 aliphatic rings. The number of ether oxygens (including phenoxy) is 1. The Balaban J connectivity index is 2.46. The number of hydrogen-bond acceptors (Lipinski definition) is 7. The number of fused-ring (bicyclic) bond motifs is 1. The maximum atomic E-state index is 12.4. The summed E-state index contributed by atoms with van der Waals surface area (Å²) < 4.78 is 5.29. The molecule has 2 N–H and O–H groups in total. The molecule has 0 fully saturated rings. The van der Waals surface area contributed by atoms with Crippen molar-refractivity contribution in [3.05, 3.63) is 40.1 Å². The van der Waals surface area contributed by atoms with Crippen LogP contribution >= 0.6 is 0 Å². The van der Waals surface area contributed by atoms with Crippen LogP contribution in [0.2, 0.25) is 0 Å². The van der Waals surface area contributed by atoms with Gasteiger partial charge in [-0.3, -0.25) is 10.1 Å². The first kappa shape index (κ1) is 24.6. The maximum absolute atomic E-state index is 12.4. The summed E-state index contributed by atoms with van der Waals surface area (Å²) in [5.41, 5.74) is -0.367. The van der Waals surface area contributed by atoms with E-state index in [0.29, 0.717) is 29.4 Å². The van der Waals surface area contributed by atoms with Gasteiger partial charge in [0.25, 0.3) is 5.69 Å². The minimum absolute atomic E-state index is 0.00723. The Morgan fingerprint density at radius 3 is 2.55 bits per heavy atom. The van der Waals surface area contributed by atoms with Crippen LogP contribution in [0.4, 0.5) is 10.5 Å². The molecule has 1 aromatic heterocycles. The van der Waals surface area contributed by atoms with E-state index in [2.05, 4.69) is 4.98 Å². The second-order valence-corrected chi connectivity index (χ2v) is 8.68. The van der Waals surface area contributed by atoms with Crippen LogP contribution in [-0.2, 0) is 16.0 Å². The Hall–Kier alpha value is -2.65. The lowest BCUT2D eigenvalue weighted by Crippen LogP contribution is -2.54. The van der Waals surface area contributed by atoms with Crippen molar-refractivity contribution in [1.29, 1.82) is 0 Å². The van der Waals surface area contributed by atoms with Crippen molar-refractivity contribution in [3.63, 3.8) is 0 Å². The van der Waals surface area contributed by atoms with E-state index >= 15 is 0 Å². The fourth-order valence-corrected chi connectivity index (χ4v) is 3.76. The van der Waals surface area contributed by atoms with Gasteiger partial charge in [0.15, 0.2) is 0 Å². The summed E-state index contributed by atoms with van der Waals surface area (Å²) in [6.45, 7) is 9.09. The molecular weight excluding hydrogens is 402 g/mol. The zero-order valence-corrected chi connectivity index (χ0v) is 18.9. The minimum Gasteiger partial charge on any atom is -0.427 e. The predicted octanol–water partition coefficient (Wildman–Crippen LogP) is 4.73. The highest BCUT2D eigenvalue weighted by molar-refractivity contribution is 5.91. The second-order valence-electron chi connectivity index (χ2n) is 8.68. The van der Waals surface area contributed by atoms with Crippen LogP contribution in [-0.4, -0.2) is 50.5 Å². The first-order valence-corrected chi connectivity index (χ1v) is 10.6. The van der Waals surface area contributed by atoms with Gasteiger partial charge in [-0.15, -0.1) is 5.06 Å². The Morgan fingerprint density at radius 2 is 2.00 bits per heavy atom. The van der Waals surface area contributed by atoms with Gasteiger partial charge in [-0.1, -0.05) is 25.8 Å². The van der Waals surface area contributed by atoms with Crippen LogP contribution in [0.1, 0.15) is 59.4 Å². The molecule has 1 aromatic carbocycles. The van der Waals surface area contributed by atoms with Crippen LogP contribution in [0.5, 0.6) is 0 Å². The summed E-state index contributed by atoms with van der Waals surface area (Å²) in [4.78, 5) is 32.1. The number of hydroxylamine groups is 2. The van der Waals surface area contributed by atoms with E-state index in [1.54, 1.807) is 39.1 Å². The quantitative estimate of drug-likeness (QED) is 0.315. The molecule has 2 rings (SSSR count). The minimum atomic E-state index is -0.958. The molecule has 31 heavy (non-hydrogen) atoms. The number of unbranched alkanes of at least 4 members (excludes halogenated alkanes) is 1. The summed E-state index contributed by atoms with van der Waals surface area (Å²) in [5.74, 6) is 0. The van der Waals surface area contributed by atoms with Crippen molar-refractivity contribution in [3.8, 4) is 0 Å². The van der Waals surface area contributed by atoms with Gasteiger partial charge in [-0.25, -0.2) is 4.79 Å². The number of nitrogens with zero attached hydrogens (tertiary/aromatic N) is 2. The predicted molar refractivity (Wildman–Crippen MR) is 118 cm³/mol. The molecule has 2 aromatic rings. The van der Waals surface area contributed by atoms with Gasteiger partial charge in [0, 0.05) is 18.8 Å². The summed E-state index contributed by atoms with van der Waals surface area (Å²) >= 11 is 0. The first-order valence-electron chi connectivity index (χ1n) is 10.6. The van der Waals surface area contributed by atoms with Gasteiger partial charge in [0.1, 0.15) is 5.60 Å². The van der Waals surface area contributed by atoms with Gasteiger partial charge in [-0.05, 0) is 52.2 Å². The lowest BCUT2D eigenvalue weighted by atomic mass is 9.85. The van der Waals surface area contributed by atoms with Crippen molar-refractivity contribution >= 4 is 22.7 Å². The van der Waals surface area contributed by atoms with E-state index in [1.807, 2.05) is 13.8 Å². The van der Waals surface area contributed by atoms with Crippen molar-refractivity contribution in [2.24, 2.45) is 0 Å². The number of aromatic nitrogens is 1. The molecule has 0 aliphatic heterocycles. The number of nitro groups is 1. The third kappa shape index (κ3) is 5.95. The molecule has 0 amide bonds. The highest BCUT2D eigenvalue weighted by Gasteiger charge is 2.40. The highest BCUT2D eigenvalue weighted by atomic mass is 16.8. The maximum Gasteiger partial charge on any atom is 0.528 e. The van der Waals surface area contributed by atoms with E-state index < -0.39 is 22.2 Å². The number of nitro benzene ring substituents is 1. The number of H-pyrrole nitrogens is 1. The topological polar surface area (TPSA) is 118 Å². The molecule has 0 saturated carbocycles. The number of aliphatic hydroxyl groups excluding tert-OH is 1. The average Bonchev–Trinajstić information content (AvgIpc) is 3.10. The number of carbonyl (C=O) groups is 1. The number of non-ortho nitro benzene ring substituents is 1. The summed E-state index contributed by atoms with van der Waals surface area (Å²) in [6.07, 6.45) is 3.30. The van der Waals surface area contributed by atoms with Crippen molar-refractivity contribution < 1.29 is 24.4 Å². The Bertz CT molecular complexity index is 904. The smallest absolute Gasteiger partial charge is 0.427 e. The number of aromatic amines is 1. The molecule has 1 heterocycles. The zero-order chi connectivity index (χ0) is 23.2. The number of aliphatic hydroxyl groups is 1. The normalized spacial score (nSPS) is 13.9. The number of hydrogen-bond donors (Lipinski definition) is 2. The van der Waals surface area contributed by atoms with Gasteiger partial charge in [0.05, 0.1) is 28.0 Å².